The molecule has 27 heavy (non-hydrogen) atoms. The second-order valence-corrected chi connectivity index (χ2v) is 6.63. The van der Waals surface area contributed by atoms with Gasteiger partial charge in [0.25, 0.3) is 5.69 Å². The van der Waals surface area contributed by atoms with Gasteiger partial charge in [-0.15, -0.1) is 10.2 Å². The quantitative estimate of drug-likeness (QED) is 0.218. The minimum Gasteiger partial charge on any atom is -0.399 e. The van der Waals surface area contributed by atoms with Crippen LogP contribution < -0.4 is 5.73 Å². The number of Topliss-reactive ketones (excluding diaryl/α,β-unsaturated/α-hetero) is 1. The number of hydrogen-bond donors (Lipinski definition) is 1. The summed E-state index contributed by atoms with van der Waals surface area (Å²) in [5.41, 5.74) is 7.71. The van der Waals surface area contributed by atoms with Crippen molar-refractivity contribution in [3.05, 3.63) is 64.2 Å². The maximum atomic E-state index is 12.4. The molecule has 0 fully saturated rings. The van der Waals surface area contributed by atoms with Crippen LogP contribution in [0, 0.1) is 10.1 Å². The Balaban J connectivity index is 1.74. The normalized spacial score (nSPS) is 10.7. The first-order valence-electron chi connectivity index (χ1n) is 8.19. The minimum absolute atomic E-state index is 0.0447. The fraction of sp³-hybridized carbons (Fsp3) is 0.167. The van der Waals surface area contributed by atoms with Gasteiger partial charge in [-0.05, 0) is 31.2 Å². The number of carbonyl (C=O) groups is 1. The largest absolute Gasteiger partial charge is 0.399 e. The van der Waals surface area contributed by atoms with Gasteiger partial charge in [-0.2, -0.15) is 0 Å². The topological polar surface area (TPSA) is 117 Å². The van der Waals surface area contributed by atoms with Crippen molar-refractivity contribution < 1.29 is 9.72 Å². The minimum atomic E-state index is -0.495. The van der Waals surface area contributed by atoms with E-state index in [1.807, 2.05) is 29.7 Å². The number of nitrogens with two attached hydrogens (primary N) is 1. The van der Waals surface area contributed by atoms with E-state index in [1.165, 1.54) is 36.0 Å². The molecule has 0 unspecified atom stereocenters. The fourth-order valence-electron chi connectivity index (χ4n) is 2.55. The van der Waals surface area contributed by atoms with Gasteiger partial charge in [0.2, 0.25) is 0 Å². The first kappa shape index (κ1) is 18.6. The van der Waals surface area contributed by atoms with Crippen molar-refractivity contribution in [2.45, 2.75) is 18.6 Å². The van der Waals surface area contributed by atoms with Crippen molar-refractivity contribution in [3.8, 4) is 11.4 Å². The summed E-state index contributed by atoms with van der Waals surface area (Å²) in [6.45, 7) is 2.62. The molecule has 0 radical (unpaired) electrons. The smallest absolute Gasteiger partial charge is 0.269 e. The van der Waals surface area contributed by atoms with Crippen LogP contribution in [0.4, 0.5) is 11.4 Å². The Kier molecular flexibility index (Phi) is 5.51. The summed E-state index contributed by atoms with van der Waals surface area (Å²) in [6, 6.07) is 13.0. The number of non-ortho nitro benzene ring substituents is 1. The molecule has 2 N–H and O–H groups in total. The van der Waals surface area contributed by atoms with E-state index in [4.69, 9.17) is 5.73 Å². The molecule has 3 aromatic rings. The van der Waals surface area contributed by atoms with E-state index in [0.29, 0.717) is 28.8 Å². The zero-order valence-corrected chi connectivity index (χ0v) is 15.3. The summed E-state index contributed by atoms with van der Waals surface area (Å²) < 4.78 is 1.92. The lowest BCUT2D eigenvalue weighted by molar-refractivity contribution is -0.384. The van der Waals surface area contributed by atoms with Gasteiger partial charge in [0.1, 0.15) is 0 Å². The average molecular weight is 383 g/mol. The number of thioether (sulfide) groups is 1. The van der Waals surface area contributed by atoms with Crippen molar-refractivity contribution in [1.82, 2.24) is 14.8 Å². The summed E-state index contributed by atoms with van der Waals surface area (Å²) in [7, 11) is 0. The van der Waals surface area contributed by atoms with Gasteiger partial charge in [0.15, 0.2) is 16.8 Å². The Morgan fingerprint density at radius 2 is 1.96 bits per heavy atom. The number of hydrogen-bond acceptors (Lipinski definition) is 7. The van der Waals surface area contributed by atoms with E-state index in [9.17, 15) is 14.9 Å². The monoisotopic (exact) mass is 383 g/mol. The van der Waals surface area contributed by atoms with E-state index < -0.39 is 4.92 Å². The fourth-order valence-corrected chi connectivity index (χ4v) is 3.45. The highest BCUT2D eigenvalue weighted by atomic mass is 32.2. The third kappa shape index (κ3) is 4.14. The van der Waals surface area contributed by atoms with E-state index in [0.717, 1.165) is 5.56 Å². The Labute approximate surface area is 159 Å². The van der Waals surface area contributed by atoms with Crippen LogP contribution in [0.1, 0.15) is 17.3 Å². The van der Waals surface area contributed by atoms with Gasteiger partial charge in [0.05, 0.1) is 10.7 Å². The van der Waals surface area contributed by atoms with E-state index in [2.05, 4.69) is 10.2 Å². The Morgan fingerprint density at radius 1 is 1.22 bits per heavy atom. The zero-order valence-electron chi connectivity index (χ0n) is 14.5. The maximum absolute atomic E-state index is 12.4. The van der Waals surface area contributed by atoms with Crippen LogP contribution in [-0.4, -0.2) is 31.2 Å². The molecule has 0 atom stereocenters. The lowest BCUT2D eigenvalue weighted by atomic mass is 10.1. The number of benzene rings is 2. The number of carbonyl (C=O) groups excluding carboxylic acids is 1. The molecule has 0 saturated heterocycles. The lowest BCUT2D eigenvalue weighted by Crippen LogP contribution is -2.05. The molecule has 8 nitrogen and oxygen atoms in total. The number of nitrogen functional groups attached to an aromatic ring is 1. The summed E-state index contributed by atoms with van der Waals surface area (Å²) >= 11 is 1.28. The van der Waals surface area contributed by atoms with Crippen molar-refractivity contribution in [2.24, 2.45) is 0 Å². The van der Waals surface area contributed by atoms with Crippen LogP contribution in [0.25, 0.3) is 11.4 Å². The van der Waals surface area contributed by atoms with Gasteiger partial charge >= 0.3 is 0 Å². The van der Waals surface area contributed by atoms with Crippen LogP contribution in [0.15, 0.2) is 53.7 Å². The third-order valence-electron chi connectivity index (χ3n) is 3.91. The molecule has 0 spiro atoms. The van der Waals surface area contributed by atoms with Gasteiger partial charge in [-0.1, -0.05) is 23.9 Å². The van der Waals surface area contributed by atoms with Crippen LogP contribution >= 0.6 is 11.8 Å². The molecule has 1 aromatic heterocycles. The van der Waals surface area contributed by atoms with Gasteiger partial charge in [-0.3, -0.25) is 14.9 Å². The van der Waals surface area contributed by atoms with Crippen molar-refractivity contribution in [2.75, 3.05) is 11.5 Å². The standard InChI is InChI=1S/C18H17N5O3S/c1-2-22-17(13-4-3-5-14(19)10-13)20-21-18(22)27-11-16(24)12-6-8-15(9-7-12)23(25)26/h3-10H,2,11,19H2,1H3. The summed E-state index contributed by atoms with van der Waals surface area (Å²) in [5.74, 6) is 0.716. The second-order valence-electron chi connectivity index (χ2n) is 5.69. The first-order valence-corrected chi connectivity index (χ1v) is 9.17. The first-order chi connectivity index (χ1) is 13.0. The molecule has 0 aliphatic rings. The number of nitrogens with zero attached hydrogens (tertiary/aromatic N) is 4. The van der Waals surface area contributed by atoms with Crippen molar-refractivity contribution in [3.63, 3.8) is 0 Å². The lowest BCUT2D eigenvalue weighted by Gasteiger charge is -2.07. The summed E-state index contributed by atoms with van der Waals surface area (Å²) in [6.07, 6.45) is 0. The van der Waals surface area contributed by atoms with Crippen LogP contribution in [0.2, 0.25) is 0 Å². The maximum Gasteiger partial charge on any atom is 0.269 e. The zero-order chi connectivity index (χ0) is 19.4. The van der Waals surface area contributed by atoms with E-state index >= 15 is 0 Å². The van der Waals surface area contributed by atoms with E-state index in [-0.39, 0.29) is 17.2 Å². The summed E-state index contributed by atoms with van der Waals surface area (Å²) in [4.78, 5) is 22.6. The molecule has 3 rings (SSSR count). The van der Waals surface area contributed by atoms with Crippen molar-refractivity contribution >= 4 is 28.9 Å². The molecule has 9 heteroatoms. The summed E-state index contributed by atoms with van der Waals surface area (Å²) in [5, 5.41) is 19.7. The molecule has 0 aliphatic carbocycles. The van der Waals surface area contributed by atoms with Crippen molar-refractivity contribution in [1.29, 1.82) is 0 Å². The highest BCUT2D eigenvalue weighted by Gasteiger charge is 2.16. The molecule has 2 aromatic carbocycles. The molecule has 0 aliphatic heterocycles. The molecule has 1 heterocycles. The molecule has 0 bridgehead atoms. The van der Waals surface area contributed by atoms with Gasteiger partial charge < -0.3 is 10.3 Å². The van der Waals surface area contributed by atoms with Crippen LogP contribution in [0.5, 0.6) is 0 Å². The Hall–Kier alpha value is -3.20. The number of nitro benzene ring substituents is 1. The number of aromatic nitrogens is 3. The number of ketones is 1. The van der Waals surface area contributed by atoms with Gasteiger partial charge in [-0.25, -0.2) is 0 Å². The SMILES string of the molecule is CCn1c(SCC(=O)c2ccc([N+](=O)[O-])cc2)nnc1-c1cccc(N)c1. The average Bonchev–Trinajstić information content (AvgIpc) is 3.09. The molecule has 138 valence electrons. The molecular weight excluding hydrogens is 366 g/mol. The highest BCUT2D eigenvalue weighted by Crippen LogP contribution is 2.25. The second kappa shape index (κ2) is 8.00. The number of nitro groups is 1. The Morgan fingerprint density at radius 3 is 2.59 bits per heavy atom. The Bertz CT molecular complexity index is 985. The van der Waals surface area contributed by atoms with E-state index in [1.54, 1.807) is 6.07 Å². The van der Waals surface area contributed by atoms with Gasteiger partial charge in [0, 0.05) is 35.5 Å². The number of rotatable bonds is 7. The molecule has 0 amide bonds. The van der Waals surface area contributed by atoms with Crippen LogP contribution in [0.3, 0.4) is 0 Å². The predicted octanol–water partition coefficient (Wildman–Crippen LogP) is 3.43. The molecular formula is C18H17N5O3S. The molecule has 0 saturated carbocycles. The van der Waals surface area contributed by atoms with Crippen LogP contribution in [-0.2, 0) is 6.54 Å². The predicted molar refractivity (Wildman–Crippen MR) is 104 cm³/mol. The number of anilines is 1. The third-order valence-corrected chi connectivity index (χ3v) is 4.88. The highest BCUT2D eigenvalue weighted by molar-refractivity contribution is 7.99.